The SMILES string of the molecule is CCc1cc(F)c(C(=O)O)c(O)c1F. The van der Waals surface area contributed by atoms with Gasteiger partial charge in [0.05, 0.1) is 0 Å². The number of hydrogen-bond donors (Lipinski definition) is 2. The Bertz CT molecular complexity index is 388. The smallest absolute Gasteiger partial charge is 0.342 e. The van der Waals surface area contributed by atoms with Gasteiger partial charge in [-0.25, -0.2) is 13.6 Å². The highest BCUT2D eigenvalue weighted by Gasteiger charge is 2.21. The summed E-state index contributed by atoms with van der Waals surface area (Å²) in [5, 5.41) is 17.5. The van der Waals surface area contributed by atoms with Crippen LogP contribution in [-0.4, -0.2) is 16.2 Å². The van der Waals surface area contributed by atoms with Crippen LogP contribution >= 0.6 is 0 Å². The van der Waals surface area contributed by atoms with E-state index in [0.29, 0.717) is 0 Å². The van der Waals surface area contributed by atoms with Crippen molar-refractivity contribution in [1.82, 2.24) is 0 Å². The second-order valence-electron chi connectivity index (χ2n) is 2.71. The molecule has 1 rings (SSSR count). The van der Waals surface area contributed by atoms with Crippen molar-refractivity contribution in [2.75, 3.05) is 0 Å². The summed E-state index contributed by atoms with van der Waals surface area (Å²) in [4.78, 5) is 10.4. The summed E-state index contributed by atoms with van der Waals surface area (Å²) in [7, 11) is 0. The number of benzene rings is 1. The van der Waals surface area contributed by atoms with Gasteiger partial charge in [0.2, 0.25) is 0 Å². The molecule has 1 aromatic carbocycles. The summed E-state index contributed by atoms with van der Waals surface area (Å²) in [5.41, 5.74) is -1.08. The Hall–Kier alpha value is -1.65. The second-order valence-corrected chi connectivity index (χ2v) is 2.71. The van der Waals surface area contributed by atoms with Crippen molar-refractivity contribution in [1.29, 1.82) is 0 Å². The van der Waals surface area contributed by atoms with Crippen LogP contribution in [0.25, 0.3) is 0 Å². The summed E-state index contributed by atoms with van der Waals surface area (Å²) in [6.07, 6.45) is 0.177. The highest BCUT2D eigenvalue weighted by atomic mass is 19.1. The molecule has 0 aliphatic rings. The molecule has 0 bridgehead atoms. The van der Waals surface area contributed by atoms with E-state index in [1.807, 2.05) is 0 Å². The molecule has 0 spiro atoms. The van der Waals surface area contributed by atoms with Crippen molar-refractivity contribution < 1.29 is 23.8 Å². The summed E-state index contributed by atoms with van der Waals surface area (Å²) in [5.74, 6) is -5.05. The van der Waals surface area contributed by atoms with E-state index in [9.17, 15) is 13.6 Å². The van der Waals surface area contributed by atoms with Crippen LogP contribution in [0.2, 0.25) is 0 Å². The van der Waals surface area contributed by atoms with Crippen LogP contribution in [0, 0.1) is 11.6 Å². The number of carboxylic acids is 1. The number of halogens is 2. The van der Waals surface area contributed by atoms with Gasteiger partial charge < -0.3 is 10.2 Å². The molecule has 0 heterocycles. The van der Waals surface area contributed by atoms with Gasteiger partial charge in [-0.1, -0.05) is 6.92 Å². The normalized spacial score (nSPS) is 10.2. The fraction of sp³-hybridized carbons (Fsp3) is 0.222. The van der Waals surface area contributed by atoms with Crippen LogP contribution in [0.5, 0.6) is 5.75 Å². The lowest BCUT2D eigenvalue weighted by Crippen LogP contribution is -2.04. The number of carbonyl (C=O) groups is 1. The number of aryl methyl sites for hydroxylation is 1. The summed E-state index contributed by atoms with van der Waals surface area (Å²) in [6.45, 7) is 1.57. The molecule has 0 saturated heterocycles. The van der Waals surface area contributed by atoms with Crippen LogP contribution in [-0.2, 0) is 6.42 Å². The molecular weight excluding hydrogens is 194 g/mol. The summed E-state index contributed by atoms with van der Waals surface area (Å²) in [6, 6.07) is 0.776. The molecule has 0 saturated carbocycles. The number of hydrogen-bond acceptors (Lipinski definition) is 2. The van der Waals surface area contributed by atoms with Crippen molar-refractivity contribution in [3.8, 4) is 5.75 Å². The molecule has 0 fully saturated rings. The molecule has 5 heteroatoms. The molecule has 0 aromatic heterocycles. The number of phenols is 1. The van der Waals surface area contributed by atoms with Gasteiger partial charge in [0.25, 0.3) is 0 Å². The molecule has 0 atom stereocenters. The molecule has 0 amide bonds. The fourth-order valence-corrected chi connectivity index (χ4v) is 1.12. The third-order valence-corrected chi connectivity index (χ3v) is 1.86. The Kier molecular flexibility index (Phi) is 2.69. The number of aromatic hydroxyl groups is 1. The van der Waals surface area contributed by atoms with E-state index in [2.05, 4.69) is 0 Å². The molecule has 3 nitrogen and oxygen atoms in total. The minimum Gasteiger partial charge on any atom is -0.504 e. The third kappa shape index (κ3) is 1.53. The van der Waals surface area contributed by atoms with Gasteiger partial charge in [-0.15, -0.1) is 0 Å². The molecule has 76 valence electrons. The van der Waals surface area contributed by atoms with Gasteiger partial charge in [0.1, 0.15) is 11.4 Å². The highest BCUT2D eigenvalue weighted by Crippen LogP contribution is 2.27. The Morgan fingerprint density at radius 3 is 2.50 bits per heavy atom. The van der Waals surface area contributed by atoms with Gasteiger partial charge in [-0.05, 0) is 18.1 Å². The molecule has 2 N–H and O–H groups in total. The quantitative estimate of drug-likeness (QED) is 0.770. The van der Waals surface area contributed by atoms with Crippen molar-refractivity contribution in [3.63, 3.8) is 0 Å². The van der Waals surface area contributed by atoms with Gasteiger partial charge in [-0.2, -0.15) is 0 Å². The van der Waals surface area contributed by atoms with E-state index < -0.39 is 28.9 Å². The minimum atomic E-state index is -1.69. The van der Waals surface area contributed by atoms with E-state index in [0.717, 1.165) is 6.07 Å². The van der Waals surface area contributed by atoms with Gasteiger partial charge in [0.15, 0.2) is 11.6 Å². The predicted octanol–water partition coefficient (Wildman–Crippen LogP) is 1.93. The lowest BCUT2D eigenvalue weighted by atomic mass is 10.1. The van der Waals surface area contributed by atoms with Crippen molar-refractivity contribution >= 4 is 5.97 Å². The lowest BCUT2D eigenvalue weighted by molar-refractivity contribution is 0.0687. The maximum Gasteiger partial charge on any atom is 0.342 e. The molecule has 0 unspecified atom stereocenters. The van der Waals surface area contributed by atoms with E-state index in [4.69, 9.17) is 10.2 Å². The van der Waals surface area contributed by atoms with E-state index in [1.165, 1.54) is 0 Å². The second kappa shape index (κ2) is 3.61. The average Bonchev–Trinajstić information content (AvgIpc) is 2.10. The van der Waals surface area contributed by atoms with Crippen molar-refractivity contribution in [3.05, 3.63) is 28.8 Å². The third-order valence-electron chi connectivity index (χ3n) is 1.86. The Balaban J connectivity index is 3.49. The molecule has 14 heavy (non-hydrogen) atoms. The monoisotopic (exact) mass is 202 g/mol. The first-order chi connectivity index (χ1) is 6.49. The zero-order chi connectivity index (χ0) is 10.9. The number of carboxylic acid groups (broad SMARTS) is 1. The van der Waals surface area contributed by atoms with E-state index >= 15 is 0 Å². The zero-order valence-corrected chi connectivity index (χ0v) is 7.34. The number of rotatable bonds is 2. The first-order valence-electron chi connectivity index (χ1n) is 3.92. The summed E-state index contributed by atoms with van der Waals surface area (Å²) < 4.78 is 26.1. The molecule has 0 radical (unpaired) electrons. The van der Waals surface area contributed by atoms with Crippen molar-refractivity contribution in [2.45, 2.75) is 13.3 Å². The Morgan fingerprint density at radius 2 is 2.07 bits per heavy atom. The fourth-order valence-electron chi connectivity index (χ4n) is 1.12. The van der Waals surface area contributed by atoms with Crippen molar-refractivity contribution in [2.24, 2.45) is 0 Å². The molecular formula is C9H8F2O3. The standard InChI is InChI=1S/C9H8F2O3/c1-2-4-3-5(10)6(9(13)14)8(12)7(4)11/h3,12H,2H2,1H3,(H,13,14). The predicted molar refractivity (Wildman–Crippen MR) is 44.4 cm³/mol. The first-order valence-corrected chi connectivity index (χ1v) is 3.92. The Morgan fingerprint density at radius 1 is 1.50 bits per heavy atom. The average molecular weight is 202 g/mol. The van der Waals surface area contributed by atoms with Gasteiger partial charge >= 0.3 is 5.97 Å². The maximum atomic E-state index is 13.1. The first kappa shape index (κ1) is 10.4. The zero-order valence-electron chi connectivity index (χ0n) is 7.34. The lowest BCUT2D eigenvalue weighted by Gasteiger charge is -2.06. The van der Waals surface area contributed by atoms with Crippen LogP contribution in [0.3, 0.4) is 0 Å². The Labute approximate surface area is 78.6 Å². The van der Waals surface area contributed by atoms with Crippen LogP contribution in [0.15, 0.2) is 6.07 Å². The minimum absolute atomic E-state index is 0.0509. The van der Waals surface area contributed by atoms with Gasteiger partial charge in [-0.3, -0.25) is 0 Å². The maximum absolute atomic E-state index is 13.1. The van der Waals surface area contributed by atoms with Crippen LogP contribution in [0.4, 0.5) is 8.78 Å². The molecule has 0 aliphatic heterocycles. The van der Waals surface area contributed by atoms with Crippen LogP contribution < -0.4 is 0 Å². The topological polar surface area (TPSA) is 57.5 Å². The molecule has 0 aliphatic carbocycles. The summed E-state index contributed by atoms with van der Waals surface area (Å²) >= 11 is 0. The number of aromatic carboxylic acids is 1. The highest BCUT2D eigenvalue weighted by molar-refractivity contribution is 5.91. The largest absolute Gasteiger partial charge is 0.504 e. The van der Waals surface area contributed by atoms with Crippen LogP contribution in [0.1, 0.15) is 22.8 Å². The van der Waals surface area contributed by atoms with E-state index in [-0.39, 0.29) is 12.0 Å². The van der Waals surface area contributed by atoms with Gasteiger partial charge in [0, 0.05) is 0 Å². The van der Waals surface area contributed by atoms with E-state index in [1.54, 1.807) is 6.92 Å². The molecule has 1 aromatic rings.